The van der Waals surface area contributed by atoms with Crippen molar-refractivity contribution in [3.63, 3.8) is 0 Å². The summed E-state index contributed by atoms with van der Waals surface area (Å²) in [5.74, 6) is 0. The Morgan fingerprint density at radius 3 is 1.23 bits per heavy atom. The molecule has 48 heavy (non-hydrogen) atoms. The molecule has 0 saturated heterocycles. The predicted octanol–water partition coefficient (Wildman–Crippen LogP) is 10.1. The molecule has 0 bridgehead atoms. The zero-order valence-corrected chi connectivity index (χ0v) is 25.4. The normalized spacial score (nSPS) is 12.6. The van der Waals surface area contributed by atoms with Crippen molar-refractivity contribution in [3.8, 4) is 22.8 Å². The first-order valence-electron chi connectivity index (χ1n) is 16.2. The van der Waals surface area contributed by atoms with Crippen molar-refractivity contribution in [2.75, 3.05) is 0 Å². The third-order valence-corrected chi connectivity index (χ3v) is 10.3. The fourth-order valence-corrected chi connectivity index (χ4v) is 8.46. The van der Waals surface area contributed by atoms with E-state index in [0.717, 1.165) is 55.6 Å². The van der Waals surface area contributed by atoms with Gasteiger partial charge in [0.05, 0.1) is 44.5 Å². The summed E-state index contributed by atoms with van der Waals surface area (Å²) in [6.45, 7) is 0. The summed E-state index contributed by atoms with van der Waals surface area (Å²) < 4.78 is 4.96. The average molecular weight is 611 g/mol. The van der Waals surface area contributed by atoms with E-state index < -0.39 is 0 Å². The number of aromatic nitrogens is 6. The molecule has 0 aliphatic heterocycles. The molecule has 0 fully saturated rings. The van der Waals surface area contributed by atoms with Gasteiger partial charge in [0, 0.05) is 55.5 Å². The van der Waals surface area contributed by atoms with E-state index in [2.05, 4.69) is 93.7 Å². The van der Waals surface area contributed by atoms with Crippen molar-refractivity contribution >= 4 is 87.2 Å². The van der Waals surface area contributed by atoms with Gasteiger partial charge in [-0.3, -0.25) is 9.97 Å². The first-order chi connectivity index (χ1) is 23.9. The lowest BCUT2D eigenvalue weighted by atomic mass is 10.0. The summed E-state index contributed by atoms with van der Waals surface area (Å²) in [6, 6.07) is 42.7. The van der Waals surface area contributed by atoms with Crippen LogP contribution in [0.5, 0.6) is 0 Å². The molecule has 5 aromatic carbocycles. The molecule has 0 saturated carbocycles. The summed E-state index contributed by atoms with van der Waals surface area (Å²) in [6.07, 6.45) is 3.63. The van der Waals surface area contributed by atoms with Crippen LogP contribution in [0.4, 0.5) is 0 Å². The van der Waals surface area contributed by atoms with Gasteiger partial charge in [-0.05, 0) is 36.4 Å². The number of pyridine rings is 2. The maximum Gasteiger partial charge on any atom is 0.117 e. The minimum absolute atomic E-state index is 0.721. The van der Waals surface area contributed by atoms with Gasteiger partial charge in [-0.25, -0.2) is 9.97 Å². The molecule has 12 rings (SSSR count). The molecule has 6 heteroatoms. The van der Waals surface area contributed by atoms with Crippen molar-refractivity contribution in [1.29, 1.82) is 0 Å². The fourth-order valence-electron chi connectivity index (χ4n) is 8.46. The molecule has 0 aliphatic rings. The SMILES string of the molecule is c1ccc(-c2nc3c(nc2-c2ccccn2)c2c4cccc5c6ccccc6n(c54)c2c2c3c3cccc4c5ccccc5n2c43)nc1. The van der Waals surface area contributed by atoms with Gasteiger partial charge in [-0.15, -0.1) is 0 Å². The van der Waals surface area contributed by atoms with Gasteiger partial charge in [0.25, 0.3) is 0 Å². The van der Waals surface area contributed by atoms with E-state index in [1.165, 1.54) is 54.4 Å². The van der Waals surface area contributed by atoms with Crippen LogP contribution in [-0.4, -0.2) is 28.7 Å². The summed E-state index contributed by atoms with van der Waals surface area (Å²) in [5.41, 5.74) is 11.8. The topological polar surface area (TPSA) is 60.4 Å². The monoisotopic (exact) mass is 610 g/mol. The lowest BCUT2D eigenvalue weighted by Gasteiger charge is -2.12. The number of para-hydroxylation sites is 4. The quantitative estimate of drug-likeness (QED) is 0.195. The molecule has 6 nitrogen and oxygen atoms in total. The number of rotatable bonds is 2. The Hall–Kier alpha value is -6.66. The van der Waals surface area contributed by atoms with Crippen molar-refractivity contribution in [2.45, 2.75) is 0 Å². The number of nitrogens with zero attached hydrogens (tertiary/aromatic N) is 6. The molecule has 7 aromatic heterocycles. The Morgan fingerprint density at radius 2 is 0.771 bits per heavy atom. The number of benzene rings is 5. The largest absolute Gasteiger partial charge is 0.306 e. The molecular formula is C42H22N6. The van der Waals surface area contributed by atoms with E-state index in [1.54, 1.807) is 0 Å². The molecular weight excluding hydrogens is 589 g/mol. The molecule has 0 N–H and O–H groups in total. The summed E-state index contributed by atoms with van der Waals surface area (Å²) in [5, 5.41) is 9.51. The Morgan fingerprint density at radius 1 is 0.354 bits per heavy atom. The molecule has 0 aliphatic carbocycles. The minimum atomic E-state index is 0.721. The van der Waals surface area contributed by atoms with Gasteiger partial charge in [0.2, 0.25) is 0 Å². The third-order valence-electron chi connectivity index (χ3n) is 10.3. The molecule has 220 valence electrons. The van der Waals surface area contributed by atoms with E-state index in [0.29, 0.717) is 0 Å². The third kappa shape index (κ3) is 2.81. The molecule has 0 radical (unpaired) electrons. The smallest absolute Gasteiger partial charge is 0.117 e. The van der Waals surface area contributed by atoms with Gasteiger partial charge < -0.3 is 8.80 Å². The van der Waals surface area contributed by atoms with Crippen LogP contribution < -0.4 is 0 Å². The standard InChI is InChI=1S/C42H22N6/c1-3-19-31-23(11-1)25-13-9-15-27-33-37-38(46-36(30-18-6-8-22-44-30)35(45-37)29-17-5-7-21-43-29)34-28-16-10-14-26-24-12-2-4-20-32(24)48(40(26)28)42(34)41(33)47(31)39(25)27/h1-22H. The summed E-state index contributed by atoms with van der Waals surface area (Å²) >= 11 is 0. The highest BCUT2D eigenvalue weighted by Gasteiger charge is 2.29. The number of fused-ring (bicyclic) bond motifs is 16. The van der Waals surface area contributed by atoms with Gasteiger partial charge in [-0.2, -0.15) is 0 Å². The highest BCUT2D eigenvalue weighted by Crippen LogP contribution is 2.49. The van der Waals surface area contributed by atoms with Gasteiger partial charge in [0.15, 0.2) is 0 Å². The molecule has 0 unspecified atom stereocenters. The van der Waals surface area contributed by atoms with Crippen LogP contribution in [0.1, 0.15) is 0 Å². The van der Waals surface area contributed by atoms with E-state index in [4.69, 9.17) is 19.9 Å². The Bertz CT molecular complexity index is 3050. The van der Waals surface area contributed by atoms with Crippen LogP contribution in [0, 0.1) is 0 Å². The summed E-state index contributed by atoms with van der Waals surface area (Å²) in [7, 11) is 0. The number of hydrogen-bond acceptors (Lipinski definition) is 4. The first kappa shape index (κ1) is 24.6. The van der Waals surface area contributed by atoms with Crippen LogP contribution in [0.3, 0.4) is 0 Å². The molecule has 0 spiro atoms. The minimum Gasteiger partial charge on any atom is -0.306 e. The van der Waals surface area contributed by atoms with Crippen molar-refractivity contribution in [1.82, 2.24) is 28.7 Å². The zero-order chi connectivity index (χ0) is 31.1. The maximum absolute atomic E-state index is 5.59. The number of hydrogen-bond donors (Lipinski definition) is 0. The second-order valence-corrected chi connectivity index (χ2v) is 12.6. The van der Waals surface area contributed by atoms with Crippen LogP contribution in [0.15, 0.2) is 134 Å². The van der Waals surface area contributed by atoms with Crippen LogP contribution >= 0.6 is 0 Å². The summed E-state index contributed by atoms with van der Waals surface area (Å²) in [4.78, 5) is 20.7. The van der Waals surface area contributed by atoms with E-state index in [-0.39, 0.29) is 0 Å². The average Bonchev–Trinajstić information content (AvgIpc) is 3.89. The second kappa shape index (κ2) is 8.57. The van der Waals surface area contributed by atoms with E-state index >= 15 is 0 Å². The molecule has 7 heterocycles. The predicted molar refractivity (Wildman–Crippen MR) is 195 cm³/mol. The first-order valence-corrected chi connectivity index (χ1v) is 16.2. The highest BCUT2D eigenvalue weighted by molar-refractivity contribution is 6.39. The lowest BCUT2D eigenvalue weighted by molar-refractivity contribution is 1.21. The van der Waals surface area contributed by atoms with Gasteiger partial charge in [0.1, 0.15) is 22.4 Å². The molecule has 0 amide bonds. The van der Waals surface area contributed by atoms with E-state index in [1.807, 2.05) is 48.8 Å². The van der Waals surface area contributed by atoms with Gasteiger partial charge >= 0.3 is 0 Å². The van der Waals surface area contributed by atoms with Crippen molar-refractivity contribution in [3.05, 3.63) is 134 Å². The second-order valence-electron chi connectivity index (χ2n) is 12.6. The fraction of sp³-hybridized carbons (Fsp3) is 0. The van der Waals surface area contributed by atoms with E-state index in [9.17, 15) is 0 Å². The Labute approximate surface area is 271 Å². The lowest BCUT2D eigenvalue weighted by Crippen LogP contribution is -1.99. The van der Waals surface area contributed by atoms with Gasteiger partial charge in [-0.1, -0.05) is 84.9 Å². The van der Waals surface area contributed by atoms with Crippen LogP contribution in [-0.2, 0) is 0 Å². The van der Waals surface area contributed by atoms with Crippen molar-refractivity contribution < 1.29 is 0 Å². The van der Waals surface area contributed by atoms with Crippen molar-refractivity contribution in [2.24, 2.45) is 0 Å². The van der Waals surface area contributed by atoms with Crippen LogP contribution in [0.25, 0.3) is 110 Å². The maximum atomic E-state index is 5.59. The Kier molecular flexibility index (Phi) is 4.39. The molecule has 12 aromatic rings. The Balaban J connectivity index is 1.45. The highest BCUT2D eigenvalue weighted by atomic mass is 15.0. The van der Waals surface area contributed by atoms with Crippen LogP contribution in [0.2, 0.25) is 0 Å². The molecule has 0 atom stereocenters. The zero-order valence-electron chi connectivity index (χ0n) is 25.4.